The number of rotatable bonds is 28. The molecule has 9 rings (SSSR count). The molecule has 0 aliphatic heterocycles. The number of carbonyl (C=O) groups excluding carboxylic acids is 3. The maximum absolute atomic E-state index is 13.1. The molecule has 9 aromatic rings. The van der Waals surface area contributed by atoms with Crippen LogP contribution in [-0.2, 0) is 63.4 Å². The third-order valence-corrected chi connectivity index (χ3v) is 15.7. The van der Waals surface area contributed by atoms with Crippen LogP contribution in [0.3, 0.4) is 0 Å². The summed E-state index contributed by atoms with van der Waals surface area (Å²) in [4.78, 5) is 44.6. The standard InChI is InChI=1S/C23H26ClN3O3.C23H28ClN3O2.C23H30ClN3O/c1-26(2)14-6-13-25-23(29)22(28)21-18-7-4-5-8-19(18)27(3)20(21)15-30-17-11-9-16(24)10-12-17;1-26(2)14-6-13-25-23(28)15-20-19-7-4-5-8-21(19)27(3)22(20)16-29-18-11-9-17(24)10-12-18;1-26(2)16-6-14-25-15-13-21-20-7-4-5-8-22(20)27(3)23(21)17-28-19-11-9-18(24)10-12-19/h4-5,7-12H,6,13-15H2,1-3H3,(H,25,29);4-5,7-12H,6,13-16H2,1-3H3,(H,25,28);4-5,7-12,25H,6,13-17H2,1-3H3. The zero-order chi connectivity index (χ0) is 62.4. The molecular weight excluding hydrogens is 1160 g/mol. The van der Waals surface area contributed by atoms with Gasteiger partial charge in [0.2, 0.25) is 5.91 Å². The normalized spacial score (nSPS) is 11.3. The molecule has 0 atom stereocenters. The molecular formula is C69H84Cl3N9O6. The summed E-state index contributed by atoms with van der Waals surface area (Å²) in [6.45, 7) is 7.12. The molecule has 0 saturated heterocycles. The molecule has 3 aromatic heterocycles. The van der Waals surface area contributed by atoms with Crippen molar-refractivity contribution in [1.82, 2.24) is 44.4 Å². The van der Waals surface area contributed by atoms with E-state index in [-0.39, 0.29) is 12.5 Å². The maximum atomic E-state index is 13.1. The van der Waals surface area contributed by atoms with Gasteiger partial charge < -0.3 is 58.6 Å². The van der Waals surface area contributed by atoms with Crippen molar-refractivity contribution in [2.24, 2.45) is 21.1 Å². The number of hydrogen-bond donors (Lipinski definition) is 3. The lowest BCUT2D eigenvalue weighted by Gasteiger charge is -2.12. The largest absolute Gasteiger partial charge is 0.487 e. The number of hydrogen-bond acceptors (Lipinski definition) is 10. The SMILES string of the molecule is CN(C)CCCNC(=O)C(=O)c1c(COc2ccc(Cl)cc2)n(C)c2ccccc12.CN(C)CCCNC(=O)Cc1c(COc2ccc(Cl)cc2)n(C)c2ccccc12.CN(C)CCCNCCc1c(COc2ccc(Cl)cc2)n(C)c2ccccc12. The molecule has 0 unspecified atom stereocenters. The van der Waals surface area contributed by atoms with Crippen molar-refractivity contribution in [2.75, 3.05) is 88.1 Å². The van der Waals surface area contributed by atoms with Crippen LogP contribution in [0.4, 0.5) is 0 Å². The fourth-order valence-corrected chi connectivity index (χ4v) is 10.7. The first-order valence-electron chi connectivity index (χ1n) is 29.5. The Hall–Kier alpha value is -7.34. The average molecular weight is 1240 g/mol. The summed E-state index contributed by atoms with van der Waals surface area (Å²) in [7, 11) is 18.2. The van der Waals surface area contributed by atoms with Gasteiger partial charge in [0.25, 0.3) is 11.7 Å². The van der Waals surface area contributed by atoms with Crippen LogP contribution in [0.5, 0.6) is 17.2 Å². The topological polar surface area (TPSA) is 140 Å². The molecule has 0 aliphatic rings. The molecule has 18 heteroatoms. The van der Waals surface area contributed by atoms with Gasteiger partial charge in [0, 0.05) is 82.0 Å². The second-order valence-corrected chi connectivity index (χ2v) is 23.5. The molecule has 0 radical (unpaired) electrons. The van der Waals surface area contributed by atoms with Gasteiger partial charge in [0.15, 0.2) is 0 Å². The van der Waals surface area contributed by atoms with E-state index in [2.05, 4.69) is 92.4 Å². The zero-order valence-electron chi connectivity index (χ0n) is 51.7. The molecule has 3 N–H and O–H groups in total. The molecule has 0 saturated carbocycles. The van der Waals surface area contributed by atoms with Crippen LogP contribution in [0, 0.1) is 0 Å². The van der Waals surface area contributed by atoms with E-state index in [4.69, 9.17) is 49.0 Å². The van der Waals surface area contributed by atoms with Crippen molar-refractivity contribution in [3.8, 4) is 17.2 Å². The van der Waals surface area contributed by atoms with Crippen LogP contribution >= 0.6 is 34.8 Å². The predicted octanol–water partition coefficient (Wildman–Crippen LogP) is 12.2. The smallest absolute Gasteiger partial charge is 0.292 e. The summed E-state index contributed by atoms with van der Waals surface area (Å²) in [6, 6.07) is 46.2. The van der Waals surface area contributed by atoms with Crippen LogP contribution in [0.2, 0.25) is 15.1 Å². The van der Waals surface area contributed by atoms with E-state index in [1.54, 1.807) is 36.4 Å². The van der Waals surface area contributed by atoms with Gasteiger partial charge in [-0.05, 0) is 203 Å². The summed E-state index contributed by atoms with van der Waals surface area (Å²) in [5.74, 6) is 1.11. The van der Waals surface area contributed by atoms with Gasteiger partial charge in [0.05, 0.1) is 29.1 Å². The molecule has 15 nitrogen and oxygen atoms in total. The summed E-state index contributed by atoms with van der Waals surface area (Å²) in [5, 5.41) is 14.5. The summed E-state index contributed by atoms with van der Waals surface area (Å²) in [6.07, 6.45) is 4.19. The van der Waals surface area contributed by atoms with Gasteiger partial charge in [0.1, 0.15) is 37.1 Å². The van der Waals surface area contributed by atoms with E-state index in [0.717, 1.165) is 108 Å². The first kappa shape index (κ1) is 67.2. The third-order valence-electron chi connectivity index (χ3n) is 14.9. The van der Waals surface area contributed by atoms with Gasteiger partial charge in [-0.3, -0.25) is 14.4 Å². The first-order chi connectivity index (χ1) is 41.9. The Morgan fingerprint density at radius 1 is 0.437 bits per heavy atom. The number of nitrogens with one attached hydrogen (secondary N) is 3. The lowest BCUT2D eigenvalue weighted by Crippen LogP contribution is -2.33. The number of fused-ring (bicyclic) bond motifs is 3. The van der Waals surface area contributed by atoms with Gasteiger partial charge >= 0.3 is 0 Å². The lowest BCUT2D eigenvalue weighted by atomic mass is 10.1. The second kappa shape index (κ2) is 33.7. The van der Waals surface area contributed by atoms with Crippen LogP contribution in [0.25, 0.3) is 32.7 Å². The predicted molar refractivity (Wildman–Crippen MR) is 356 cm³/mol. The molecule has 0 aliphatic carbocycles. The summed E-state index contributed by atoms with van der Waals surface area (Å²) in [5.41, 5.74) is 8.87. The van der Waals surface area contributed by atoms with E-state index >= 15 is 0 Å². The molecule has 462 valence electrons. The number of nitrogens with zero attached hydrogens (tertiary/aromatic N) is 6. The van der Waals surface area contributed by atoms with Crippen LogP contribution < -0.4 is 30.2 Å². The number of benzene rings is 6. The summed E-state index contributed by atoms with van der Waals surface area (Å²) >= 11 is 17.9. The fourth-order valence-electron chi connectivity index (χ4n) is 10.3. The number of ketones is 1. The van der Waals surface area contributed by atoms with Crippen molar-refractivity contribution >= 4 is 85.1 Å². The lowest BCUT2D eigenvalue weighted by molar-refractivity contribution is -0.120. The van der Waals surface area contributed by atoms with Crippen LogP contribution in [0.1, 0.15) is 57.8 Å². The highest BCUT2D eigenvalue weighted by atomic mass is 35.5. The Morgan fingerprint density at radius 3 is 1.26 bits per heavy atom. The fraction of sp³-hybridized carbons (Fsp3) is 0.348. The minimum Gasteiger partial charge on any atom is -0.487 e. The Bertz CT molecular complexity index is 3650. The monoisotopic (exact) mass is 1240 g/mol. The van der Waals surface area contributed by atoms with E-state index in [1.807, 2.05) is 125 Å². The Morgan fingerprint density at radius 2 is 0.805 bits per heavy atom. The van der Waals surface area contributed by atoms with Gasteiger partial charge in [-0.2, -0.15) is 0 Å². The number of aryl methyl sites for hydroxylation is 3. The van der Waals surface area contributed by atoms with E-state index in [9.17, 15) is 14.4 Å². The number of para-hydroxylation sites is 3. The zero-order valence-corrected chi connectivity index (χ0v) is 54.0. The Kier molecular flexibility index (Phi) is 26.0. The number of carbonyl (C=O) groups is 3. The van der Waals surface area contributed by atoms with Gasteiger partial charge in [-0.25, -0.2) is 0 Å². The van der Waals surface area contributed by atoms with Crippen molar-refractivity contribution in [3.63, 3.8) is 0 Å². The Labute approximate surface area is 528 Å². The van der Waals surface area contributed by atoms with Crippen LogP contribution in [0.15, 0.2) is 146 Å². The van der Waals surface area contributed by atoms with Crippen LogP contribution in [-0.4, -0.2) is 134 Å². The second-order valence-electron chi connectivity index (χ2n) is 22.2. The van der Waals surface area contributed by atoms with Crippen molar-refractivity contribution < 1.29 is 28.6 Å². The number of Topliss-reactive ketones (excluding diaryl/α,β-unsaturated/α-hetero) is 1. The molecule has 2 amide bonds. The first-order valence-corrected chi connectivity index (χ1v) is 30.6. The molecule has 0 fully saturated rings. The highest BCUT2D eigenvalue weighted by Gasteiger charge is 2.27. The molecule has 3 heterocycles. The number of amides is 2. The quantitative estimate of drug-likeness (QED) is 0.0247. The average Bonchev–Trinajstić information content (AvgIpc) is 1.81. The molecule has 87 heavy (non-hydrogen) atoms. The molecule has 0 bridgehead atoms. The van der Waals surface area contributed by atoms with Crippen molar-refractivity contribution in [2.45, 2.75) is 51.9 Å². The minimum atomic E-state index is -0.599. The Balaban J connectivity index is 0.000000187. The number of halogens is 3. The van der Waals surface area contributed by atoms with E-state index in [1.165, 1.54) is 22.2 Å². The van der Waals surface area contributed by atoms with Gasteiger partial charge in [-0.15, -0.1) is 0 Å². The number of ether oxygens (including phenoxy) is 3. The maximum Gasteiger partial charge on any atom is 0.292 e. The van der Waals surface area contributed by atoms with Crippen molar-refractivity contribution in [1.29, 1.82) is 0 Å². The number of aromatic nitrogens is 3. The summed E-state index contributed by atoms with van der Waals surface area (Å²) < 4.78 is 24.2. The third kappa shape index (κ3) is 19.6. The van der Waals surface area contributed by atoms with Crippen molar-refractivity contribution in [3.05, 3.63) is 194 Å². The molecule has 0 spiro atoms. The highest BCUT2D eigenvalue weighted by molar-refractivity contribution is 6.45. The van der Waals surface area contributed by atoms with E-state index < -0.39 is 11.7 Å². The molecule has 6 aromatic carbocycles. The highest BCUT2D eigenvalue weighted by Crippen LogP contribution is 2.31. The van der Waals surface area contributed by atoms with E-state index in [0.29, 0.717) is 59.8 Å². The minimum absolute atomic E-state index is 0.0350. The van der Waals surface area contributed by atoms with Gasteiger partial charge in [-0.1, -0.05) is 89.4 Å².